The lowest BCUT2D eigenvalue weighted by molar-refractivity contribution is -0.681. The Bertz CT molecular complexity index is 1970. The van der Waals surface area contributed by atoms with E-state index in [1.807, 2.05) is 18.6 Å². The normalized spacial score (nSPS) is 19.8. The molecular formula is C40H57B2N4O6+. The van der Waals surface area contributed by atoms with Crippen LogP contribution < -0.4 is 20.3 Å². The highest BCUT2D eigenvalue weighted by molar-refractivity contribution is 6.62. The number of benzene rings is 2. The maximum Gasteiger partial charge on any atom is 0.494 e. The number of hydrogen-bond acceptors (Lipinski definition) is 7. The predicted molar refractivity (Wildman–Crippen MR) is 206 cm³/mol. The van der Waals surface area contributed by atoms with Crippen molar-refractivity contribution in [3.8, 4) is 6.07 Å². The zero-order valence-corrected chi connectivity index (χ0v) is 33.3. The molecule has 12 heteroatoms. The lowest BCUT2D eigenvalue weighted by Crippen LogP contribution is -2.41. The van der Waals surface area contributed by atoms with Crippen LogP contribution in [0.3, 0.4) is 0 Å². The van der Waals surface area contributed by atoms with E-state index in [-0.39, 0.29) is 12.5 Å². The second-order valence-electron chi connectivity index (χ2n) is 17.3. The van der Waals surface area contributed by atoms with E-state index in [1.165, 1.54) is 0 Å². The van der Waals surface area contributed by atoms with Crippen molar-refractivity contribution in [1.29, 1.82) is 5.26 Å². The molecule has 0 radical (unpaired) electrons. The first-order chi connectivity index (χ1) is 24.3. The molecule has 2 aromatic carbocycles. The van der Waals surface area contributed by atoms with Crippen LogP contribution in [0.5, 0.6) is 0 Å². The fraction of sp³-hybridized carbons (Fsp3) is 0.600. The van der Waals surface area contributed by atoms with Gasteiger partial charge in [-0.2, -0.15) is 5.26 Å². The summed E-state index contributed by atoms with van der Waals surface area (Å²) in [6.07, 6.45) is 3.50. The zero-order chi connectivity index (χ0) is 38.0. The molecule has 0 bridgehead atoms. The first-order valence-corrected chi connectivity index (χ1v) is 18.8. The number of aliphatic hydroxyl groups is 1. The second-order valence-corrected chi connectivity index (χ2v) is 17.3. The van der Waals surface area contributed by atoms with Crippen LogP contribution in [0.15, 0.2) is 42.6 Å². The number of fused-ring (bicyclic) bond motifs is 2. The highest BCUT2D eigenvalue weighted by atomic mass is 16.7. The Labute approximate surface area is 310 Å². The Morgan fingerprint density at radius 3 is 1.98 bits per heavy atom. The molecule has 278 valence electrons. The third-order valence-electron chi connectivity index (χ3n) is 11.8. The first-order valence-electron chi connectivity index (χ1n) is 18.8. The molecular weight excluding hydrogens is 654 g/mol. The van der Waals surface area contributed by atoms with E-state index in [0.717, 1.165) is 50.7 Å². The van der Waals surface area contributed by atoms with Crippen molar-refractivity contribution in [2.75, 3.05) is 13.2 Å². The van der Waals surface area contributed by atoms with Crippen LogP contribution in [0.1, 0.15) is 101 Å². The Morgan fingerprint density at radius 1 is 0.885 bits per heavy atom. The molecule has 0 amide bonds. The van der Waals surface area contributed by atoms with E-state index in [0.29, 0.717) is 26.1 Å². The molecule has 0 saturated carbocycles. The fourth-order valence-electron chi connectivity index (χ4n) is 7.13. The molecule has 10 nitrogen and oxygen atoms in total. The molecule has 1 atom stereocenters. The molecule has 0 spiro atoms. The van der Waals surface area contributed by atoms with Gasteiger partial charge in [-0.15, -0.1) is 0 Å². The van der Waals surface area contributed by atoms with Gasteiger partial charge in [-0.1, -0.05) is 32.0 Å². The molecule has 0 aliphatic carbocycles. The number of aryl methyl sites for hydroxylation is 1. The van der Waals surface area contributed by atoms with Gasteiger partial charge in [-0.25, -0.2) is 4.57 Å². The van der Waals surface area contributed by atoms with Gasteiger partial charge in [0.15, 0.2) is 5.52 Å². The van der Waals surface area contributed by atoms with Crippen molar-refractivity contribution in [2.24, 2.45) is 5.92 Å². The van der Waals surface area contributed by atoms with Crippen LogP contribution in [-0.2, 0) is 43.5 Å². The highest BCUT2D eigenvalue weighted by Crippen LogP contribution is 2.38. The van der Waals surface area contributed by atoms with E-state index in [2.05, 4.69) is 127 Å². The monoisotopic (exact) mass is 711 g/mol. The lowest BCUT2D eigenvalue weighted by Gasteiger charge is -2.32. The van der Waals surface area contributed by atoms with E-state index in [9.17, 15) is 10.4 Å². The van der Waals surface area contributed by atoms with E-state index in [1.54, 1.807) is 0 Å². The summed E-state index contributed by atoms with van der Waals surface area (Å²) in [6, 6.07) is 15.1. The topological polar surface area (TPSA) is 104 Å². The van der Waals surface area contributed by atoms with Gasteiger partial charge in [0.1, 0.15) is 6.61 Å². The van der Waals surface area contributed by atoms with Crippen molar-refractivity contribution >= 4 is 47.1 Å². The largest absolute Gasteiger partial charge is 0.494 e. The van der Waals surface area contributed by atoms with Crippen molar-refractivity contribution < 1.29 is 33.1 Å². The summed E-state index contributed by atoms with van der Waals surface area (Å²) in [5.74, 6) is 1.14. The maximum absolute atomic E-state index is 10.1. The quantitative estimate of drug-likeness (QED) is 0.163. The smallest absolute Gasteiger partial charge is 0.399 e. The van der Waals surface area contributed by atoms with Gasteiger partial charge in [0.2, 0.25) is 5.52 Å². The summed E-state index contributed by atoms with van der Waals surface area (Å²) < 4.78 is 32.0. The number of rotatable bonds is 12. The molecule has 6 rings (SSSR count). The molecule has 4 aromatic rings. The SMILES string of the molecule is CCc1n(OC[C@@H](C)Cn2cc(C(C)(C)C#N)c3ccc(B4OC(C)(C)C(C)(C)O4)cc32)c2ccc(B3OC(C)(C)C(C)(C)O3)cc2[n+]1CCCO. The van der Waals surface area contributed by atoms with Gasteiger partial charge in [0.05, 0.1) is 46.9 Å². The lowest BCUT2D eigenvalue weighted by atomic mass is 9.78. The minimum absolute atomic E-state index is 0.100. The van der Waals surface area contributed by atoms with E-state index >= 15 is 0 Å². The summed E-state index contributed by atoms with van der Waals surface area (Å²) in [6.45, 7) is 26.7. The standard InChI is InChI=1S/C40H57B2N4O6/c1-13-35-45(19-14-20-47)34-22-29(42-51-39(9,10)40(11,12)52-42)16-18-32(34)46(35)48-25-27(2)23-44-24-31(36(3,4)26-43)30-17-15-28(21-33(30)44)41-49-37(5,6)38(7,8)50-41/h15-18,21-22,24,27,47H,13-14,19-20,23,25H2,1-12H3/q+1/t27-/m0/s1. The number of nitriles is 1. The van der Waals surface area contributed by atoms with Crippen molar-refractivity contribution in [3.63, 3.8) is 0 Å². The van der Waals surface area contributed by atoms with Gasteiger partial charge >= 0.3 is 14.2 Å². The Balaban J connectivity index is 1.30. The van der Waals surface area contributed by atoms with E-state index < -0.39 is 42.1 Å². The fourth-order valence-corrected chi connectivity index (χ4v) is 7.13. The molecule has 2 aromatic heterocycles. The summed E-state index contributed by atoms with van der Waals surface area (Å²) in [7, 11) is -0.962. The summed E-state index contributed by atoms with van der Waals surface area (Å²) >= 11 is 0. The van der Waals surface area contributed by atoms with Crippen molar-refractivity contribution in [1.82, 2.24) is 9.30 Å². The van der Waals surface area contributed by atoms with Gasteiger partial charge in [-0.3, -0.25) is 0 Å². The Hall–Kier alpha value is -3.33. The molecule has 1 N–H and O–H groups in total. The van der Waals surface area contributed by atoms with Crippen molar-refractivity contribution in [3.05, 3.63) is 54.0 Å². The average Bonchev–Trinajstić information content (AvgIpc) is 3.72. The summed E-state index contributed by atoms with van der Waals surface area (Å²) in [5.41, 5.74) is 3.46. The average molecular weight is 712 g/mol. The molecule has 0 unspecified atom stereocenters. The van der Waals surface area contributed by atoms with E-state index in [4.69, 9.17) is 23.5 Å². The summed E-state index contributed by atoms with van der Waals surface area (Å²) in [4.78, 5) is 6.69. The van der Waals surface area contributed by atoms with Crippen LogP contribution in [0.2, 0.25) is 0 Å². The molecule has 2 fully saturated rings. The number of imidazole rings is 1. The number of nitrogens with zero attached hydrogens (tertiary/aromatic N) is 4. The minimum atomic E-state index is -0.670. The number of hydrogen-bond donors (Lipinski definition) is 1. The molecule has 4 heterocycles. The van der Waals surface area contributed by atoms with Crippen LogP contribution >= 0.6 is 0 Å². The predicted octanol–water partition coefficient (Wildman–Crippen LogP) is 4.99. The number of aliphatic hydroxyl groups excluding tert-OH is 1. The van der Waals surface area contributed by atoms with Gasteiger partial charge in [0.25, 0.3) is 5.82 Å². The molecule has 2 aliphatic heterocycles. The third kappa shape index (κ3) is 6.68. The third-order valence-corrected chi connectivity index (χ3v) is 11.8. The zero-order valence-electron chi connectivity index (χ0n) is 33.3. The maximum atomic E-state index is 10.1. The summed E-state index contributed by atoms with van der Waals surface area (Å²) in [5, 5.41) is 20.9. The molecule has 2 saturated heterocycles. The van der Waals surface area contributed by atoms with Crippen molar-refractivity contribution in [2.45, 2.75) is 137 Å². The first kappa shape index (κ1) is 38.4. The molecule has 52 heavy (non-hydrogen) atoms. The second kappa shape index (κ2) is 13.5. The van der Waals surface area contributed by atoms with Crippen LogP contribution in [0.4, 0.5) is 0 Å². The van der Waals surface area contributed by atoms with Crippen LogP contribution in [0, 0.1) is 17.2 Å². The van der Waals surface area contributed by atoms with Gasteiger partial charge < -0.3 is 33.1 Å². The van der Waals surface area contributed by atoms with Crippen LogP contribution in [-0.4, -0.2) is 64.3 Å². The van der Waals surface area contributed by atoms with Gasteiger partial charge in [-0.05, 0) is 109 Å². The number of aromatic nitrogens is 3. The van der Waals surface area contributed by atoms with Gasteiger partial charge in [0, 0.05) is 42.6 Å². The Kier molecular flexibility index (Phi) is 9.97. The Morgan fingerprint density at radius 2 is 1.44 bits per heavy atom. The van der Waals surface area contributed by atoms with Crippen LogP contribution in [0.25, 0.3) is 21.9 Å². The minimum Gasteiger partial charge on any atom is -0.399 e. The highest BCUT2D eigenvalue weighted by Gasteiger charge is 2.53. The molecule has 2 aliphatic rings.